The fourth-order valence-electron chi connectivity index (χ4n) is 3.81. The molecular weight excluding hydrogens is 428 g/mol. The number of nitro groups is 1. The summed E-state index contributed by atoms with van der Waals surface area (Å²) in [6, 6.07) is 7.18. The Balaban J connectivity index is 2.60. The molecule has 0 aliphatic rings. The standard InChI is InChI=1S/C23H24N4O6/c1-11(2)33-23(29)18-13(4)26-17(10-16(12(3)24)21(26)25)20(22(28)32-5)19(18)14-7-6-8-15(9-14)27(30)31/h6-11,24H,25H2,1-5H3. The molecule has 0 radical (unpaired) electrons. The molecule has 2 heterocycles. The molecule has 0 spiro atoms. The van der Waals surface area contributed by atoms with E-state index in [1.54, 1.807) is 39.8 Å². The number of pyridine rings is 1. The van der Waals surface area contributed by atoms with Crippen molar-refractivity contribution in [3.63, 3.8) is 0 Å². The SMILES string of the molecule is COC(=O)c1c(-c2cccc([N+](=O)[O-])c2)c(C(=O)OC(C)C)c(C)n2c(N)c(C(C)=N)cc12. The second-order valence-corrected chi connectivity index (χ2v) is 7.75. The number of nitrogens with zero attached hydrogens (tertiary/aromatic N) is 2. The molecule has 1 aromatic carbocycles. The minimum absolute atomic E-state index is 0.0153. The summed E-state index contributed by atoms with van der Waals surface area (Å²) in [6.45, 7) is 6.54. The monoisotopic (exact) mass is 452 g/mol. The molecule has 0 bridgehead atoms. The van der Waals surface area contributed by atoms with Gasteiger partial charge < -0.3 is 20.6 Å². The number of hydrogen-bond donors (Lipinski definition) is 2. The first-order chi connectivity index (χ1) is 15.5. The molecule has 0 amide bonds. The molecular formula is C23H24N4O6. The van der Waals surface area contributed by atoms with Crippen LogP contribution in [-0.4, -0.2) is 40.2 Å². The van der Waals surface area contributed by atoms with Crippen LogP contribution in [0.1, 0.15) is 52.7 Å². The van der Waals surface area contributed by atoms with E-state index in [0.29, 0.717) is 16.8 Å². The van der Waals surface area contributed by atoms with E-state index < -0.39 is 23.0 Å². The highest BCUT2D eigenvalue weighted by Crippen LogP contribution is 2.38. The van der Waals surface area contributed by atoms with Crippen molar-refractivity contribution in [2.24, 2.45) is 0 Å². The largest absolute Gasteiger partial charge is 0.465 e. The van der Waals surface area contributed by atoms with Crippen LogP contribution in [0, 0.1) is 22.4 Å². The molecule has 0 unspecified atom stereocenters. The minimum Gasteiger partial charge on any atom is -0.465 e. The van der Waals surface area contributed by atoms with Crippen LogP contribution >= 0.6 is 0 Å². The highest BCUT2D eigenvalue weighted by molar-refractivity contribution is 6.13. The van der Waals surface area contributed by atoms with Gasteiger partial charge in [0.1, 0.15) is 5.82 Å². The molecule has 33 heavy (non-hydrogen) atoms. The van der Waals surface area contributed by atoms with Crippen molar-refractivity contribution in [3.8, 4) is 11.1 Å². The maximum Gasteiger partial charge on any atom is 0.340 e. The number of anilines is 1. The van der Waals surface area contributed by atoms with Crippen LogP contribution in [0.15, 0.2) is 30.3 Å². The van der Waals surface area contributed by atoms with Gasteiger partial charge in [-0.15, -0.1) is 0 Å². The Morgan fingerprint density at radius 1 is 1.18 bits per heavy atom. The number of aromatic nitrogens is 1. The van der Waals surface area contributed by atoms with Gasteiger partial charge in [-0.05, 0) is 39.3 Å². The van der Waals surface area contributed by atoms with Gasteiger partial charge in [0.25, 0.3) is 5.69 Å². The molecule has 0 aliphatic heterocycles. The summed E-state index contributed by atoms with van der Waals surface area (Å²) in [5.74, 6) is -1.33. The van der Waals surface area contributed by atoms with Crippen LogP contribution in [0.3, 0.4) is 0 Å². The van der Waals surface area contributed by atoms with Gasteiger partial charge in [0.2, 0.25) is 0 Å². The molecule has 2 aromatic heterocycles. The van der Waals surface area contributed by atoms with E-state index in [-0.39, 0.29) is 39.5 Å². The highest BCUT2D eigenvalue weighted by Gasteiger charge is 2.31. The first-order valence-corrected chi connectivity index (χ1v) is 10.1. The fourth-order valence-corrected chi connectivity index (χ4v) is 3.81. The number of rotatable bonds is 6. The summed E-state index contributed by atoms with van der Waals surface area (Å²) >= 11 is 0. The summed E-state index contributed by atoms with van der Waals surface area (Å²) in [5.41, 5.74) is 7.69. The molecule has 0 atom stereocenters. The molecule has 3 rings (SSSR count). The zero-order valence-electron chi connectivity index (χ0n) is 18.9. The van der Waals surface area contributed by atoms with Gasteiger partial charge in [0.15, 0.2) is 0 Å². The number of nitrogens with two attached hydrogens (primary N) is 1. The van der Waals surface area contributed by atoms with E-state index in [0.717, 1.165) is 0 Å². The van der Waals surface area contributed by atoms with Crippen LogP contribution in [0.2, 0.25) is 0 Å². The lowest BCUT2D eigenvalue weighted by atomic mass is 9.92. The van der Waals surface area contributed by atoms with E-state index >= 15 is 0 Å². The van der Waals surface area contributed by atoms with Gasteiger partial charge in [0.05, 0.1) is 34.8 Å². The van der Waals surface area contributed by atoms with Gasteiger partial charge in [-0.1, -0.05) is 12.1 Å². The zero-order valence-corrected chi connectivity index (χ0v) is 18.9. The Bertz CT molecular complexity index is 1320. The van der Waals surface area contributed by atoms with Crippen molar-refractivity contribution >= 4 is 34.7 Å². The average Bonchev–Trinajstić information content (AvgIpc) is 3.10. The summed E-state index contributed by atoms with van der Waals surface area (Å²) in [7, 11) is 1.19. The lowest BCUT2D eigenvalue weighted by Crippen LogP contribution is -2.19. The Hall–Kier alpha value is -4.21. The van der Waals surface area contributed by atoms with Crippen LogP contribution in [-0.2, 0) is 9.47 Å². The lowest BCUT2D eigenvalue weighted by molar-refractivity contribution is -0.384. The van der Waals surface area contributed by atoms with Crippen molar-refractivity contribution in [2.75, 3.05) is 12.8 Å². The highest BCUT2D eigenvalue weighted by atomic mass is 16.6. The first kappa shape index (κ1) is 23.5. The zero-order chi connectivity index (χ0) is 24.6. The summed E-state index contributed by atoms with van der Waals surface area (Å²) < 4.78 is 12.0. The molecule has 10 heteroatoms. The molecule has 0 saturated heterocycles. The fraction of sp³-hybridized carbons (Fsp3) is 0.261. The van der Waals surface area contributed by atoms with E-state index in [9.17, 15) is 19.7 Å². The number of nitrogens with one attached hydrogen (secondary N) is 1. The summed E-state index contributed by atoms with van der Waals surface area (Å²) in [6.07, 6.45) is -0.464. The number of non-ortho nitro benzene ring substituents is 1. The van der Waals surface area contributed by atoms with Crippen molar-refractivity contribution in [1.82, 2.24) is 4.40 Å². The third-order valence-corrected chi connectivity index (χ3v) is 5.18. The number of ether oxygens (including phenoxy) is 2. The summed E-state index contributed by atoms with van der Waals surface area (Å²) in [4.78, 5) is 37.1. The van der Waals surface area contributed by atoms with E-state index in [1.165, 1.54) is 29.7 Å². The predicted octanol–water partition coefficient (Wildman–Crippen LogP) is 4.14. The number of carbonyl (C=O) groups is 2. The number of hydrogen-bond acceptors (Lipinski definition) is 8. The Kier molecular flexibility index (Phi) is 6.21. The predicted molar refractivity (Wildman–Crippen MR) is 123 cm³/mol. The van der Waals surface area contributed by atoms with Gasteiger partial charge in [0, 0.05) is 34.7 Å². The molecule has 3 N–H and O–H groups in total. The quantitative estimate of drug-likeness (QED) is 0.247. The normalized spacial score (nSPS) is 11.0. The van der Waals surface area contributed by atoms with Crippen LogP contribution in [0.4, 0.5) is 11.5 Å². The maximum atomic E-state index is 13.2. The first-order valence-electron chi connectivity index (χ1n) is 10.1. The number of carbonyl (C=O) groups excluding carboxylic acids is 2. The van der Waals surface area contributed by atoms with Crippen LogP contribution < -0.4 is 5.73 Å². The third-order valence-electron chi connectivity index (χ3n) is 5.18. The second-order valence-electron chi connectivity index (χ2n) is 7.75. The number of esters is 2. The Morgan fingerprint density at radius 2 is 1.85 bits per heavy atom. The smallest absolute Gasteiger partial charge is 0.340 e. The Morgan fingerprint density at radius 3 is 2.39 bits per heavy atom. The number of nitro benzene ring substituents is 1. The number of benzene rings is 1. The molecule has 0 saturated carbocycles. The topological polar surface area (TPSA) is 150 Å². The van der Waals surface area contributed by atoms with Crippen molar-refractivity contribution in [3.05, 3.63) is 62.8 Å². The second kappa shape index (κ2) is 8.73. The molecule has 0 aliphatic carbocycles. The molecule has 3 aromatic rings. The van der Waals surface area contributed by atoms with Crippen molar-refractivity contribution < 1.29 is 24.0 Å². The van der Waals surface area contributed by atoms with Crippen LogP contribution in [0.5, 0.6) is 0 Å². The van der Waals surface area contributed by atoms with E-state index in [1.807, 2.05) is 0 Å². The number of methoxy groups -OCH3 is 1. The average molecular weight is 452 g/mol. The van der Waals surface area contributed by atoms with Crippen LogP contribution in [0.25, 0.3) is 16.6 Å². The maximum absolute atomic E-state index is 13.2. The molecule has 10 nitrogen and oxygen atoms in total. The number of aryl methyl sites for hydroxylation is 1. The van der Waals surface area contributed by atoms with E-state index in [2.05, 4.69) is 0 Å². The van der Waals surface area contributed by atoms with Crippen molar-refractivity contribution in [1.29, 1.82) is 5.41 Å². The minimum atomic E-state index is -0.771. The van der Waals surface area contributed by atoms with E-state index in [4.69, 9.17) is 20.6 Å². The number of fused-ring (bicyclic) bond motifs is 1. The Labute approximate surface area is 189 Å². The molecule has 172 valence electrons. The van der Waals surface area contributed by atoms with Crippen molar-refractivity contribution in [2.45, 2.75) is 33.8 Å². The van der Waals surface area contributed by atoms with Gasteiger partial charge in [-0.2, -0.15) is 0 Å². The lowest BCUT2D eigenvalue weighted by Gasteiger charge is -2.20. The van der Waals surface area contributed by atoms with Gasteiger partial charge in [-0.3, -0.25) is 14.5 Å². The molecule has 0 fully saturated rings. The number of nitrogen functional groups attached to an aromatic ring is 1. The summed E-state index contributed by atoms with van der Waals surface area (Å²) in [5, 5.41) is 19.5. The van der Waals surface area contributed by atoms with Gasteiger partial charge in [-0.25, -0.2) is 9.59 Å². The third kappa shape index (κ3) is 4.02. The van der Waals surface area contributed by atoms with Gasteiger partial charge >= 0.3 is 11.9 Å².